The topological polar surface area (TPSA) is 67.1 Å². The Morgan fingerprint density at radius 1 is 1.42 bits per heavy atom. The maximum absolute atomic E-state index is 10.9. The fourth-order valence-corrected chi connectivity index (χ4v) is 2.42. The quantitative estimate of drug-likeness (QED) is 0.865. The second kappa shape index (κ2) is 4.42. The van der Waals surface area contributed by atoms with Gasteiger partial charge in [-0.05, 0) is 43.5 Å². The summed E-state index contributed by atoms with van der Waals surface area (Å²) in [5.41, 5.74) is 4.20. The highest BCUT2D eigenvalue weighted by Crippen LogP contribution is 2.25. The van der Waals surface area contributed by atoms with Crippen LogP contribution in [-0.4, -0.2) is 27.4 Å². The fourth-order valence-electron chi connectivity index (χ4n) is 2.42. The van der Waals surface area contributed by atoms with Crippen LogP contribution in [-0.2, 0) is 6.42 Å². The largest absolute Gasteiger partial charge is 0.476 e. The first kappa shape index (κ1) is 11.8. The molecule has 3 rings (SSSR count). The van der Waals surface area contributed by atoms with Gasteiger partial charge in [-0.1, -0.05) is 6.07 Å². The lowest BCUT2D eigenvalue weighted by atomic mass is 10.0. The Hall–Kier alpha value is -2.30. The van der Waals surface area contributed by atoms with Gasteiger partial charge in [0.2, 0.25) is 0 Å². The van der Waals surface area contributed by atoms with Crippen LogP contribution in [0.4, 0.5) is 5.69 Å². The SMILES string of the molecule is Cc1cc(C(=O)O)nn1-c1ccc2c(c1)NCCC2. The van der Waals surface area contributed by atoms with Crippen LogP contribution >= 0.6 is 0 Å². The zero-order valence-corrected chi connectivity index (χ0v) is 10.7. The fraction of sp³-hybridized carbons (Fsp3) is 0.286. The van der Waals surface area contributed by atoms with Gasteiger partial charge in [-0.3, -0.25) is 0 Å². The van der Waals surface area contributed by atoms with Crippen molar-refractivity contribution in [1.82, 2.24) is 9.78 Å². The molecule has 0 fully saturated rings. The minimum absolute atomic E-state index is 0.0724. The number of nitrogens with one attached hydrogen (secondary N) is 1. The average Bonchev–Trinajstić information content (AvgIpc) is 2.80. The molecule has 0 spiro atoms. The first-order valence-corrected chi connectivity index (χ1v) is 6.32. The Bertz CT molecular complexity index is 646. The van der Waals surface area contributed by atoms with Gasteiger partial charge in [-0.15, -0.1) is 0 Å². The molecule has 2 aromatic rings. The van der Waals surface area contributed by atoms with Crippen molar-refractivity contribution in [2.75, 3.05) is 11.9 Å². The Morgan fingerprint density at radius 2 is 2.26 bits per heavy atom. The van der Waals surface area contributed by atoms with E-state index in [1.165, 1.54) is 5.56 Å². The van der Waals surface area contributed by atoms with E-state index in [9.17, 15) is 4.79 Å². The highest BCUT2D eigenvalue weighted by atomic mass is 16.4. The maximum Gasteiger partial charge on any atom is 0.356 e. The van der Waals surface area contributed by atoms with Crippen molar-refractivity contribution in [3.05, 3.63) is 41.2 Å². The van der Waals surface area contributed by atoms with Crippen LogP contribution in [0, 0.1) is 6.92 Å². The Balaban J connectivity index is 2.04. The highest BCUT2D eigenvalue weighted by Gasteiger charge is 2.14. The first-order chi connectivity index (χ1) is 9.15. The van der Waals surface area contributed by atoms with Gasteiger partial charge in [0.15, 0.2) is 5.69 Å². The normalized spacial score (nSPS) is 13.7. The van der Waals surface area contributed by atoms with Gasteiger partial charge >= 0.3 is 5.97 Å². The molecule has 19 heavy (non-hydrogen) atoms. The van der Waals surface area contributed by atoms with Crippen molar-refractivity contribution in [1.29, 1.82) is 0 Å². The number of benzene rings is 1. The summed E-state index contributed by atoms with van der Waals surface area (Å²) >= 11 is 0. The zero-order valence-electron chi connectivity index (χ0n) is 10.7. The molecule has 0 saturated heterocycles. The van der Waals surface area contributed by atoms with Crippen LogP contribution in [0.25, 0.3) is 5.69 Å². The number of nitrogens with zero attached hydrogens (tertiary/aromatic N) is 2. The molecule has 0 atom stereocenters. The van der Waals surface area contributed by atoms with E-state index in [2.05, 4.69) is 16.5 Å². The molecule has 0 saturated carbocycles. The maximum atomic E-state index is 10.9. The van der Waals surface area contributed by atoms with Crippen molar-refractivity contribution in [2.45, 2.75) is 19.8 Å². The average molecular weight is 257 g/mol. The van der Waals surface area contributed by atoms with Gasteiger partial charge in [-0.25, -0.2) is 9.48 Å². The van der Waals surface area contributed by atoms with Crippen LogP contribution in [0.5, 0.6) is 0 Å². The van der Waals surface area contributed by atoms with E-state index in [-0.39, 0.29) is 5.69 Å². The van der Waals surface area contributed by atoms with Gasteiger partial charge in [0, 0.05) is 17.9 Å². The van der Waals surface area contributed by atoms with Gasteiger partial charge < -0.3 is 10.4 Å². The van der Waals surface area contributed by atoms with E-state index >= 15 is 0 Å². The molecule has 0 unspecified atom stereocenters. The summed E-state index contributed by atoms with van der Waals surface area (Å²) in [4.78, 5) is 10.9. The molecule has 5 nitrogen and oxygen atoms in total. The molecule has 5 heteroatoms. The van der Waals surface area contributed by atoms with E-state index < -0.39 is 5.97 Å². The standard InChI is InChI=1S/C14H15N3O2/c1-9-7-13(14(18)19)16-17(9)11-5-4-10-3-2-6-15-12(10)8-11/h4-5,7-8,15H,2-3,6H2,1H3,(H,18,19). The van der Waals surface area contributed by atoms with Crippen LogP contribution in [0.2, 0.25) is 0 Å². The lowest BCUT2D eigenvalue weighted by molar-refractivity contribution is 0.0690. The van der Waals surface area contributed by atoms with Crippen molar-refractivity contribution in [3.63, 3.8) is 0 Å². The molecule has 0 amide bonds. The third kappa shape index (κ3) is 2.07. The molecule has 1 aliphatic rings. The minimum atomic E-state index is -1.00. The number of aromatic nitrogens is 2. The molecule has 0 bridgehead atoms. The number of aromatic carboxylic acids is 1. The summed E-state index contributed by atoms with van der Waals surface area (Å²) in [6.07, 6.45) is 2.23. The smallest absolute Gasteiger partial charge is 0.356 e. The molecule has 1 aromatic carbocycles. The van der Waals surface area contributed by atoms with E-state index in [0.717, 1.165) is 36.5 Å². The highest BCUT2D eigenvalue weighted by molar-refractivity contribution is 5.85. The van der Waals surface area contributed by atoms with Crippen molar-refractivity contribution in [2.24, 2.45) is 0 Å². The number of rotatable bonds is 2. The summed E-state index contributed by atoms with van der Waals surface area (Å²) < 4.78 is 1.67. The summed E-state index contributed by atoms with van der Waals surface area (Å²) in [6.45, 7) is 2.83. The number of anilines is 1. The number of carboxylic acid groups (broad SMARTS) is 1. The molecule has 1 aromatic heterocycles. The van der Waals surface area contributed by atoms with Gasteiger partial charge in [0.05, 0.1) is 5.69 Å². The van der Waals surface area contributed by atoms with E-state index in [1.807, 2.05) is 19.1 Å². The molecular formula is C14H15N3O2. The van der Waals surface area contributed by atoms with Crippen LogP contribution in [0.3, 0.4) is 0 Å². The third-order valence-electron chi connectivity index (χ3n) is 3.38. The monoisotopic (exact) mass is 257 g/mol. The predicted molar refractivity (Wildman–Crippen MR) is 72.1 cm³/mol. The molecule has 0 aliphatic carbocycles. The predicted octanol–water partition coefficient (Wildman–Crippen LogP) is 2.24. The second-order valence-electron chi connectivity index (χ2n) is 4.76. The number of carbonyl (C=O) groups is 1. The number of fused-ring (bicyclic) bond motifs is 1. The third-order valence-corrected chi connectivity index (χ3v) is 3.38. The van der Waals surface area contributed by atoms with Crippen LogP contribution < -0.4 is 5.32 Å². The summed E-state index contributed by atoms with van der Waals surface area (Å²) in [5, 5.41) is 16.5. The molecular weight excluding hydrogens is 242 g/mol. The number of carboxylic acids is 1. The lowest BCUT2D eigenvalue weighted by Gasteiger charge is -2.19. The Kier molecular flexibility index (Phi) is 2.74. The Labute approximate surface area is 110 Å². The van der Waals surface area contributed by atoms with Crippen LogP contribution in [0.1, 0.15) is 28.2 Å². The van der Waals surface area contributed by atoms with Gasteiger partial charge in [0.1, 0.15) is 0 Å². The number of aryl methyl sites for hydroxylation is 2. The van der Waals surface area contributed by atoms with Gasteiger partial charge in [0.25, 0.3) is 0 Å². The second-order valence-corrected chi connectivity index (χ2v) is 4.76. The van der Waals surface area contributed by atoms with Crippen molar-refractivity contribution in [3.8, 4) is 5.69 Å². The molecule has 2 heterocycles. The molecule has 98 valence electrons. The Morgan fingerprint density at radius 3 is 3.00 bits per heavy atom. The van der Waals surface area contributed by atoms with E-state index in [4.69, 9.17) is 5.11 Å². The first-order valence-electron chi connectivity index (χ1n) is 6.32. The molecule has 2 N–H and O–H groups in total. The van der Waals surface area contributed by atoms with Crippen LogP contribution in [0.15, 0.2) is 24.3 Å². The van der Waals surface area contributed by atoms with Crippen molar-refractivity contribution < 1.29 is 9.90 Å². The molecule has 1 aliphatic heterocycles. The van der Waals surface area contributed by atoms with Crippen molar-refractivity contribution >= 4 is 11.7 Å². The number of hydrogen-bond acceptors (Lipinski definition) is 3. The van der Waals surface area contributed by atoms with E-state index in [0.29, 0.717) is 0 Å². The number of hydrogen-bond donors (Lipinski definition) is 2. The summed E-state index contributed by atoms with van der Waals surface area (Å²) in [7, 11) is 0. The summed E-state index contributed by atoms with van der Waals surface area (Å²) in [6, 6.07) is 7.67. The van der Waals surface area contributed by atoms with Gasteiger partial charge in [-0.2, -0.15) is 5.10 Å². The zero-order chi connectivity index (χ0) is 13.4. The lowest BCUT2D eigenvalue weighted by Crippen LogP contribution is -2.12. The minimum Gasteiger partial charge on any atom is -0.476 e. The molecule has 0 radical (unpaired) electrons. The van der Waals surface area contributed by atoms with E-state index in [1.54, 1.807) is 10.7 Å². The summed E-state index contributed by atoms with van der Waals surface area (Å²) in [5.74, 6) is -1.00.